The molecule has 2 amide bonds. The molecule has 1 aliphatic heterocycles. The average molecular weight is 469 g/mol. The van der Waals surface area contributed by atoms with Crippen molar-refractivity contribution < 1.29 is 14.3 Å². The third-order valence-corrected chi connectivity index (χ3v) is 6.98. The predicted octanol–water partition coefficient (Wildman–Crippen LogP) is 3.18. The number of amides is 2. The molecule has 0 saturated carbocycles. The largest absolute Gasteiger partial charge is 0.373 e. The number of fused-ring (bicyclic) bond motifs is 1. The minimum absolute atomic E-state index is 0.171. The maximum atomic E-state index is 13.3. The van der Waals surface area contributed by atoms with E-state index in [1.54, 1.807) is 6.07 Å². The van der Waals surface area contributed by atoms with Crippen molar-refractivity contribution in [2.45, 2.75) is 51.5 Å². The zero-order valence-corrected chi connectivity index (χ0v) is 20.2. The van der Waals surface area contributed by atoms with Crippen LogP contribution in [0.15, 0.2) is 48.0 Å². The van der Waals surface area contributed by atoms with Crippen LogP contribution in [-0.4, -0.2) is 65.6 Å². The second-order valence-corrected chi connectivity index (χ2v) is 9.82. The van der Waals surface area contributed by atoms with Crippen molar-refractivity contribution in [3.63, 3.8) is 0 Å². The van der Waals surface area contributed by atoms with E-state index in [-0.39, 0.29) is 30.1 Å². The van der Waals surface area contributed by atoms with Crippen molar-refractivity contribution in [1.29, 1.82) is 0 Å². The second kappa shape index (κ2) is 10.5. The van der Waals surface area contributed by atoms with Gasteiger partial charge in [-0.15, -0.1) is 11.3 Å². The molecule has 33 heavy (non-hydrogen) atoms. The van der Waals surface area contributed by atoms with E-state index in [4.69, 9.17) is 4.74 Å². The van der Waals surface area contributed by atoms with Gasteiger partial charge in [-0.25, -0.2) is 0 Å². The molecule has 0 radical (unpaired) electrons. The van der Waals surface area contributed by atoms with E-state index < -0.39 is 6.04 Å². The van der Waals surface area contributed by atoms with Crippen LogP contribution in [0.2, 0.25) is 0 Å². The number of thiophene rings is 1. The predicted molar refractivity (Wildman–Crippen MR) is 132 cm³/mol. The van der Waals surface area contributed by atoms with Crippen molar-refractivity contribution in [2.75, 3.05) is 19.6 Å². The number of para-hydroxylation sites is 1. The molecular weight excluding hydrogens is 436 g/mol. The van der Waals surface area contributed by atoms with Crippen molar-refractivity contribution in [3.8, 4) is 0 Å². The van der Waals surface area contributed by atoms with Gasteiger partial charge in [0.15, 0.2) is 0 Å². The van der Waals surface area contributed by atoms with Crippen LogP contribution in [0.1, 0.15) is 36.0 Å². The highest BCUT2D eigenvalue weighted by Crippen LogP contribution is 2.20. The van der Waals surface area contributed by atoms with Gasteiger partial charge in [-0.05, 0) is 43.8 Å². The van der Waals surface area contributed by atoms with Gasteiger partial charge in [0.25, 0.3) is 5.91 Å². The molecule has 3 aromatic rings. The van der Waals surface area contributed by atoms with Crippen LogP contribution in [0.25, 0.3) is 10.9 Å². The van der Waals surface area contributed by atoms with Crippen LogP contribution in [-0.2, 0) is 16.0 Å². The number of carbonyl (C=O) groups excluding carboxylic acids is 2. The zero-order chi connectivity index (χ0) is 23.4. The summed E-state index contributed by atoms with van der Waals surface area (Å²) in [7, 11) is 0. The Balaban J connectivity index is 1.45. The summed E-state index contributed by atoms with van der Waals surface area (Å²) >= 11 is 1.36. The van der Waals surface area contributed by atoms with E-state index in [0.717, 1.165) is 29.6 Å². The fourth-order valence-electron chi connectivity index (χ4n) is 4.44. The molecule has 1 fully saturated rings. The first kappa shape index (κ1) is 23.5. The number of rotatable bonds is 8. The molecule has 8 heteroatoms. The standard InChI is InChI=1S/C25H32N4O3S/c1-16(29-14-17(2)32-18(3)15-29)12-27-24(30)22(28-25(31)23-9-6-10-33-23)11-19-13-26-21-8-5-4-7-20(19)21/h4-10,13,16-18,22,26H,11-12,14-15H2,1-3H3,(H,27,30)(H,28,31)/t16-,17-,18-,22-/m1/s1. The highest BCUT2D eigenvalue weighted by atomic mass is 32.1. The van der Waals surface area contributed by atoms with Crippen LogP contribution < -0.4 is 10.6 Å². The van der Waals surface area contributed by atoms with Crippen LogP contribution in [0.3, 0.4) is 0 Å². The molecule has 3 N–H and O–H groups in total. The number of aromatic nitrogens is 1. The Morgan fingerprint density at radius 1 is 1.18 bits per heavy atom. The van der Waals surface area contributed by atoms with Crippen LogP contribution in [0.4, 0.5) is 0 Å². The first-order chi connectivity index (χ1) is 15.9. The lowest BCUT2D eigenvalue weighted by Crippen LogP contribution is -2.54. The number of ether oxygens (including phenoxy) is 1. The highest BCUT2D eigenvalue weighted by molar-refractivity contribution is 7.12. The number of H-pyrrole nitrogens is 1. The Labute approximate surface area is 198 Å². The van der Waals surface area contributed by atoms with Crippen molar-refractivity contribution >= 4 is 34.1 Å². The molecule has 0 bridgehead atoms. The molecular formula is C25H32N4O3S. The van der Waals surface area contributed by atoms with E-state index in [2.05, 4.69) is 41.3 Å². The lowest BCUT2D eigenvalue weighted by atomic mass is 10.0. The first-order valence-electron chi connectivity index (χ1n) is 11.5. The molecule has 0 spiro atoms. The molecule has 1 aliphatic rings. The number of aromatic amines is 1. The van der Waals surface area contributed by atoms with Gasteiger partial charge in [-0.2, -0.15) is 0 Å². The second-order valence-electron chi connectivity index (χ2n) is 8.87. The number of nitrogens with zero attached hydrogens (tertiary/aromatic N) is 1. The van der Waals surface area contributed by atoms with Crippen molar-refractivity contribution in [3.05, 3.63) is 58.4 Å². The van der Waals surface area contributed by atoms with Gasteiger partial charge in [0.1, 0.15) is 6.04 Å². The topological polar surface area (TPSA) is 86.5 Å². The molecule has 4 atom stereocenters. The third-order valence-electron chi connectivity index (χ3n) is 6.11. The Morgan fingerprint density at radius 3 is 2.67 bits per heavy atom. The van der Waals surface area contributed by atoms with Gasteiger partial charge in [0.05, 0.1) is 17.1 Å². The zero-order valence-electron chi connectivity index (χ0n) is 19.3. The minimum atomic E-state index is -0.673. The van der Waals surface area contributed by atoms with Gasteiger partial charge in [0.2, 0.25) is 5.91 Å². The number of benzene rings is 1. The molecule has 176 valence electrons. The summed E-state index contributed by atoms with van der Waals surface area (Å²) in [6.45, 7) is 8.46. The maximum absolute atomic E-state index is 13.3. The summed E-state index contributed by atoms with van der Waals surface area (Å²) in [5, 5.41) is 8.95. The van der Waals surface area contributed by atoms with Crippen molar-refractivity contribution in [2.24, 2.45) is 0 Å². The number of nitrogens with one attached hydrogen (secondary N) is 3. The normalized spacial score (nSPS) is 20.9. The van der Waals surface area contributed by atoms with E-state index in [0.29, 0.717) is 17.8 Å². The summed E-state index contributed by atoms with van der Waals surface area (Å²) in [6, 6.07) is 11.1. The summed E-state index contributed by atoms with van der Waals surface area (Å²) in [5.41, 5.74) is 2.02. The number of hydrogen-bond donors (Lipinski definition) is 3. The van der Waals surface area contributed by atoms with Gasteiger partial charge >= 0.3 is 0 Å². The summed E-state index contributed by atoms with van der Waals surface area (Å²) in [6.07, 6.45) is 2.67. The monoisotopic (exact) mass is 468 g/mol. The van der Waals surface area contributed by atoms with Crippen molar-refractivity contribution in [1.82, 2.24) is 20.5 Å². The Kier molecular flexibility index (Phi) is 7.47. The quantitative estimate of drug-likeness (QED) is 0.474. The van der Waals surface area contributed by atoms with Gasteiger partial charge in [0, 0.05) is 49.2 Å². The van der Waals surface area contributed by atoms with Crippen LogP contribution >= 0.6 is 11.3 Å². The smallest absolute Gasteiger partial charge is 0.262 e. The summed E-state index contributed by atoms with van der Waals surface area (Å²) in [5.74, 6) is -0.403. The first-order valence-corrected chi connectivity index (χ1v) is 12.3. The van der Waals surface area contributed by atoms with E-state index in [1.165, 1.54) is 11.3 Å². The van der Waals surface area contributed by atoms with E-state index >= 15 is 0 Å². The van der Waals surface area contributed by atoms with E-state index in [9.17, 15) is 9.59 Å². The molecule has 4 rings (SSSR count). The number of morpholine rings is 1. The average Bonchev–Trinajstić information content (AvgIpc) is 3.47. The summed E-state index contributed by atoms with van der Waals surface area (Å²) < 4.78 is 5.82. The molecule has 0 aliphatic carbocycles. The SMILES string of the molecule is C[C@@H]1CN([C@H](C)CNC(=O)[C@@H](Cc2c[nH]c3ccccc23)NC(=O)c2cccs2)C[C@@H](C)O1. The van der Waals surface area contributed by atoms with Crippen LogP contribution in [0.5, 0.6) is 0 Å². The maximum Gasteiger partial charge on any atom is 0.262 e. The molecule has 3 heterocycles. The molecule has 2 aromatic heterocycles. The van der Waals surface area contributed by atoms with Gasteiger partial charge in [-0.3, -0.25) is 14.5 Å². The third kappa shape index (κ3) is 5.82. The number of hydrogen-bond acceptors (Lipinski definition) is 5. The molecule has 1 saturated heterocycles. The fourth-order valence-corrected chi connectivity index (χ4v) is 5.07. The molecule has 0 unspecified atom stereocenters. The Bertz CT molecular complexity index is 1070. The minimum Gasteiger partial charge on any atom is -0.373 e. The van der Waals surface area contributed by atoms with E-state index in [1.807, 2.05) is 41.9 Å². The summed E-state index contributed by atoms with van der Waals surface area (Å²) in [4.78, 5) is 32.2. The number of carbonyl (C=O) groups is 2. The lowest BCUT2D eigenvalue weighted by molar-refractivity contribution is -0.123. The van der Waals surface area contributed by atoms with Gasteiger partial charge in [-0.1, -0.05) is 24.3 Å². The highest BCUT2D eigenvalue weighted by Gasteiger charge is 2.28. The molecule has 7 nitrogen and oxygen atoms in total. The Morgan fingerprint density at radius 2 is 1.94 bits per heavy atom. The van der Waals surface area contributed by atoms with Gasteiger partial charge < -0.3 is 20.4 Å². The Hall–Kier alpha value is -2.68. The van der Waals surface area contributed by atoms with Crippen LogP contribution in [0, 0.1) is 0 Å². The molecule has 1 aromatic carbocycles. The lowest BCUT2D eigenvalue weighted by Gasteiger charge is -2.39. The fraction of sp³-hybridized carbons (Fsp3) is 0.440.